The minimum atomic E-state index is -0.0770. The predicted molar refractivity (Wildman–Crippen MR) is 136 cm³/mol. The van der Waals surface area contributed by atoms with Crippen LogP contribution >= 0.6 is 11.6 Å². The predicted octanol–water partition coefficient (Wildman–Crippen LogP) is 4.89. The number of aryl methyl sites for hydroxylation is 2. The number of aromatic nitrogens is 1. The molecule has 1 aromatic heterocycles. The first-order valence-corrected chi connectivity index (χ1v) is 12.7. The Bertz CT molecular complexity index is 1010. The molecule has 1 fully saturated rings. The first-order valence-electron chi connectivity index (χ1n) is 12.2. The van der Waals surface area contributed by atoms with Crippen LogP contribution in [0.3, 0.4) is 0 Å². The van der Waals surface area contributed by atoms with Crippen LogP contribution in [0.1, 0.15) is 99.8 Å². The molecule has 1 heterocycles. The van der Waals surface area contributed by atoms with Crippen LogP contribution in [-0.2, 0) is 30.4 Å². The summed E-state index contributed by atoms with van der Waals surface area (Å²) >= 11 is 4.99. The van der Waals surface area contributed by atoms with Crippen LogP contribution in [0, 0.1) is 6.92 Å². The Labute approximate surface area is 216 Å². The van der Waals surface area contributed by atoms with Crippen LogP contribution in [0.15, 0.2) is 17.4 Å². The summed E-state index contributed by atoms with van der Waals surface area (Å²) in [6.45, 7) is 4.86. The van der Waals surface area contributed by atoms with Crippen molar-refractivity contribution < 1.29 is 33.9 Å². The van der Waals surface area contributed by atoms with E-state index in [1.54, 1.807) is 0 Å². The lowest BCUT2D eigenvalue weighted by Gasteiger charge is -2.13. The highest BCUT2D eigenvalue weighted by molar-refractivity contribution is 6.27. The third-order valence-electron chi connectivity index (χ3n) is 5.59. The van der Waals surface area contributed by atoms with Gasteiger partial charge in [0.15, 0.2) is 11.6 Å². The minimum Gasteiger partial charge on any atom is -0.512 e. The standard InChI is InChI=1S/C9H11NO.C9H12O3.C6H8O2.C3H5ClO/c1-6-5-7-8(10-6)3-2-4-9(7)11;1-6(10)5-7-8(11)3-2-4-9(7)12;7-5-2-1-3-6(8)4-5;1-3(5)2-4/h5,10H,2-4H2,1H3;11H,2-5H2,1H3;1-4H2;2H2,1H3. The number of carbonyl (C=O) groups is 6. The molecule has 0 radical (unpaired) electrons. The monoisotopic (exact) mass is 521 g/mol. The fraction of sp³-hybridized carbons (Fsp3) is 0.556. The van der Waals surface area contributed by atoms with E-state index in [9.17, 15) is 33.9 Å². The summed E-state index contributed by atoms with van der Waals surface area (Å²) in [6, 6.07) is 1.96. The van der Waals surface area contributed by atoms with E-state index in [-0.39, 0.29) is 53.4 Å². The van der Waals surface area contributed by atoms with Crippen LogP contribution in [0.5, 0.6) is 0 Å². The van der Waals surface area contributed by atoms with Gasteiger partial charge in [0.2, 0.25) is 0 Å². The zero-order valence-electron chi connectivity index (χ0n) is 21.3. The Hall–Kier alpha value is -2.87. The summed E-state index contributed by atoms with van der Waals surface area (Å²) in [6.07, 6.45) is 6.76. The van der Waals surface area contributed by atoms with Gasteiger partial charge in [0.05, 0.1) is 18.1 Å². The third-order valence-corrected chi connectivity index (χ3v) is 5.96. The molecule has 0 unspecified atom stereocenters. The number of halogens is 1. The summed E-state index contributed by atoms with van der Waals surface area (Å²) in [5, 5.41) is 9.29. The molecule has 0 spiro atoms. The molecule has 0 bridgehead atoms. The molecule has 2 N–H and O–H groups in total. The summed E-state index contributed by atoms with van der Waals surface area (Å²) in [4.78, 5) is 66.9. The van der Waals surface area contributed by atoms with Crippen LogP contribution in [0.25, 0.3) is 0 Å². The second-order valence-electron chi connectivity index (χ2n) is 9.15. The van der Waals surface area contributed by atoms with E-state index >= 15 is 0 Å². The molecule has 0 aromatic carbocycles. The van der Waals surface area contributed by atoms with Crippen molar-refractivity contribution in [1.29, 1.82) is 0 Å². The fourth-order valence-electron chi connectivity index (χ4n) is 3.86. The van der Waals surface area contributed by atoms with E-state index in [0.29, 0.717) is 43.5 Å². The van der Waals surface area contributed by atoms with Gasteiger partial charge in [-0.3, -0.25) is 28.8 Å². The van der Waals surface area contributed by atoms with E-state index in [4.69, 9.17) is 11.6 Å². The molecule has 3 aliphatic carbocycles. The van der Waals surface area contributed by atoms with Gasteiger partial charge in [0.1, 0.15) is 23.1 Å². The third kappa shape index (κ3) is 11.7. The van der Waals surface area contributed by atoms with Crippen molar-refractivity contribution in [1.82, 2.24) is 4.98 Å². The van der Waals surface area contributed by atoms with Crippen LogP contribution in [-0.4, -0.2) is 50.7 Å². The molecule has 0 atom stereocenters. The minimum absolute atomic E-state index is 0.0201. The quantitative estimate of drug-likeness (QED) is 0.426. The van der Waals surface area contributed by atoms with E-state index in [1.807, 2.05) is 13.0 Å². The lowest BCUT2D eigenvalue weighted by Crippen LogP contribution is -2.13. The van der Waals surface area contributed by atoms with Crippen LogP contribution < -0.4 is 0 Å². The van der Waals surface area contributed by atoms with Crippen LogP contribution in [0.2, 0.25) is 0 Å². The Balaban J connectivity index is 0.000000251. The van der Waals surface area contributed by atoms with Gasteiger partial charge < -0.3 is 10.1 Å². The smallest absolute Gasteiger partial charge is 0.164 e. The zero-order valence-corrected chi connectivity index (χ0v) is 22.1. The summed E-state index contributed by atoms with van der Waals surface area (Å²) < 4.78 is 0. The lowest BCUT2D eigenvalue weighted by atomic mass is 9.93. The molecule has 9 heteroatoms. The highest BCUT2D eigenvalue weighted by Crippen LogP contribution is 2.22. The van der Waals surface area contributed by atoms with Gasteiger partial charge in [0.25, 0.3) is 0 Å². The fourth-order valence-corrected chi connectivity index (χ4v) is 3.86. The molecule has 3 aliphatic rings. The molecule has 0 saturated heterocycles. The highest BCUT2D eigenvalue weighted by Gasteiger charge is 2.21. The molecule has 198 valence electrons. The van der Waals surface area contributed by atoms with Gasteiger partial charge in [-0.2, -0.15) is 0 Å². The maximum atomic E-state index is 11.3. The largest absolute Gasteiger partial charge is 0.512 e. The summed E-state index contributed by atoms with van der Waals surface area (Å²) in [5.41, 5.74) is 3.49. The number of hydrogen-bond donors (Lipinski definition) is 2. The molecule has 8 nitrogen and oxygen atoms in total. The Morgan fingerprint density at radius 2 is 1.39 bits per heavy atom. The second-order valence-corrected chi connectivity index (χ2v) is 9.41. The van der Waals surface area contributed by atoms with Crippen molar-refractivity contribution in [3.05, 3.63) is 34.3 Å². The summed E-state index contributed by atoms with van der Waals surface area (Å²) in [7, 11) is 0. The van der Waals surface area contributed by atoms with E-state index < -0.39 is 0 Å². The number of H-pyrrole nitrogens is 1. The maximum Gasteiger partial charge on any atom is 0.164 e. The van der Waals surface area contributed by atoms with Crippen molar-refractivity contribution in [3.8, 4) is 0 Å². The SMILES string of the molecule is CC(=O)CC1=C(O)CCCC1=O.CC(=O)CCl.Cc1cc2c([nH]1)CCCC2=O.O=C1CCCC(=O)C1. The number of ketones is 6. The highest BCUT2D eigenvalue weighted by atomic mass is 35.5. The number of aliphatic hydroxyl groups excluding tert-OH is 1. The first kappa shape index (κ1) is 31.2. The van der Waals surface area contributed by atoms with E-state index in [0.717, 1.165) is 42.6 Å². The van der Waals surface area contributed by atoms with Crippen molar-refractivity contribution in [2.24, 2.45) is 0 Å². The molecular weight excluding hydrogens is 486 g/mol. The Morgan fingerprint density at radius 1 is 0.861 bits per heavy atom. The number of fused-ring (bicyclic) bond motifs is 1. The zero-order chi connectivity index (χ0) is 27.3. The number of Topliss-reactive ketones (excluding diaryl/α,β-unsaturated/α-hetero) is 6. The van der Waals surface area contributed by atoms with Crippen molar-refractivity contribution in [2.75, 3.05) is 5.88 Å². The molecule has 1 saturated carbocycles. The van der Waals surface area contributed by atoms with Crippen molar-refractivity contribution >= 4 is 46.3 Å². The number of rotatable bonds is 3. The maximum absolute atomic E-state index is 11.3. The number of alkyl halides is 1. The Morgan fingerprint density at radius 3 is 1.83 bits per heavy atom. The van der Waals surface area contributed by atoms with Gasteiger partial charge >= 0.3 is 0 Å². The van der Waals surface area contributed by atoms with E-state index in [1.165, 1.54) is 13.8 Å². The van der Waals surface area contributed by atoms with Gasteiger partial charge in [-0.05, 0) is 52.5 Å². The lowest BCUT2D eigenvalue weighted by molar-refractivity contribution is -0.129. The number of aromatic amines is 1. The van der Waals surface area contributed by atoms with Crippen molar-refractivity contribution in [2.45, 2.75) is 91.4 Å². The normalized spacial score (nSPS) is 17.0. The Kier molecular flexibility index (Phi) is 13.8. The van der Waals surface area contributed by atoms with E-state index in [2.05, 4.69) is 4.98 Å². The van der Waals surface area contributed by atoms with Crippen LogP contribution in [0.4, 0.5) is 0 Å². The molecule has 36 heavy (non-hydrogen) atoms. The number of carbonyl (C=O) groups excluding carboxylic acids is 6. The molecule has 4 rings (SSSR count). The number of aliphatic hydroxyl groups is 1. The molecular formula is C27H36ClNO7. The molecule has 0 aliphatic heterocycles. The number of nitrogens with one attached hydrogen (secondary N) is 1. The average Bonchev–Trinajstić information content (AvgIpc) is 3.19. The summed E-state index contributed by atoms with van der Waals surface area (Å²) in [5.74, 6) is 0.645. The topological polar surface area (TPSA) is 138 Å². The number of allylic oxidation sites excluding steroid dienone is 2. The molecule has 1 aromatic rings. The van der Waals surface area contributed by atoms with Crippen molar-refractivity contribution in [3.63, 3.8) is 0 Å². The first-order chi connectivity index (χ1) is 16.9. The van der Waals surface area contributed by atoms with Gasteiger partial charge in [-0.25, -0.2) is 0 Å². The average molecular weight is 522 g/mol. The number of hydrogen-bond acceptors (Lipinski definition) is 7. The van der Waals surface area contributed by atoms with Gasteiger partial charge in [-0.1, -0.05) is 0 Å². The van der Waals surface area contributed by atoms with Gasteiger partial charge in [-0.15, -0.1) is 11.6 Å². The molecule has 0 amide bonds. The second kappa shape index (κ2) is 16.0. The van der Waals surface area contributed by atoms with Gasteiger partial charge in [0, 0.05) is 61.0 Å².